The summed E-state index contributed by atoms with van der Waals surface area (Å²) in [5.41, 5.74) is 2.55. The fraction of sp³-hybridized carbons (Fsp3) is 0.467. The second-order valence-electron chi connectivity index (χ2n) is 4.72. The number of hydrogen-bond acceptors (Lipinski definition) is 3. The molecule has 0 radical (unpaired) electrons. The maximum absolute atomic E-state index is 4.39. The smallest absolute Gasteiger partial charge is 0.0553 e. The Labute approximate surface area is 114 Å². The molecule has 2 aromatic heterocycles. The molecule has 2 aromatic rings. The van der Waals surface area contributed by atoms with E-state index < -0.39 is 0 Å². The molecule has 1 atom stereocenters. The van der Waals surface area contributed by atoms with Crippen molar-refractivity contribution in [3.8, 4) is 0 Å². The molecule has 0 fully saturated rings. The van der Waals surface area contributed by atoms with Crippen molar-refractivity contribution in [2.24, 2.45) is 0 Å². The molecule has 2 heterocycles. The zero-order chi connectivity index (χ0) is 13.5. The standard InChI is InChI=1S/C15H22N4/c1-3-11-19-15(8-10-18-19)14(16-2)7-6-13-5-4-9-17-12-13/h4-5,8-10,12,14,16H,3,6-7,11H2,1-2H3. The molecule has 0 aliphatic rings. The lowest BCUT2D eigenvalue weighted by Crippen LogP contribution is -2.21. The predicted octanol–water partition coefficient (Wildman–Crippen LogP) is 2.58. The van der Waals surface area contributed by atoms with Crippen molar-refractivity contribution in [2.75, 3.05) is 7.05 Å². The van der Waals surface area contributed by atoms with E-state index in [9.17, 15) is 0 Å². The Morgan fingerprint density at radius 2 is 2.21 bits per heavy atom. The molecule has 0 aliphatic heterocycles. The van der Waals surface area contributed by atoms with Crippen molar-refractivity contribution in [2.45, 2.75) is 38.8 Å². The molecular formula is C15H22N4. The number of pyridine rings is 1. The lowest BCUT2D eigenvalue weighted by Gasteiger charge is -2.17. The highest BCUT2D eigenvalue weighted by Gasteiger charge is 2.13. The summed E-state index contributed by atoms with van der Waals surface area (Å²) in [6, 6.07) is 6.57. The lowest BCUT2D eigenvalue weighted by atomic mass is 10.0. The minimum atomic E-state index is 0.342. The van der Waals surface area contributed by atoms with Crippen molar-refractivity contribution in [3.05, 3.63) is 48.0 Å². The van der Waals surface area contributed by atoms with E-state index in [4.69, 9.17) is 0 Å². The summed E-state index contributed by atoms with van der Waals surface area (Å²) in [5.74, 6) is 0. The first kappa shape index (κ1) is 13.7. The normalized spacial score (nSPS) is 12.5. The molecule has 19 heavy (non-hydrogen) atoms. The summed E-state index contributed by atoms with van der Waals surface area (Å²) >= 11 is 0. The number of nitrogens with zero attached hydrogens (tertiary/aromatic N) is 3. The Morgan fingerprint density at radius 1 is 1.32 bits per heavy atom. The minimum Gasteiger partial charge on any atom is -0.312 e. The van der Waals surface area contributed by atoms with Crippen LogP contribution in [-0.2, 0) is 13.0 Å². The van der Waals surface area contributed by atoms with E-state index in [2.05, 4.69) is 39.1 Å². The van der Waals surface area contributed by atoms with Gasteiger partial charge in [0.25, 0.3) is 0 Å². The van der Waals surface area contributed by atoms with Crippen molar-refractivity contribution in [1.29, 1.82) is 0 Å². The highest BCUT2D eigenvalue weighted by atomic mass is 15.3. The van der Waals surface area contributed by atoms with E-state index in [0.29, 0.717) is 6.04 Å². The van der Waals surface area contributed by atoms with Gasteiger partial charge in [0.05, 0.1) is 5.69 Å². The quantitative estimate of drug-likeness (QED) is 0.830. The van der Waals surface area contributed by atoms with Gasteiger partial charge in [-0.05, 0) is 44.0 Å². The molecule has 0 spiro atoms. The molecule has 0 saturated carbocycles. The first-order valence-electron chi connectivity index (χ1n) is 6.93. The summed E-state index contributed by atoms with van der Waals surface area (Å²) in [6.45, 7) is 3.16. The van der Waals surface area contributed by atoms with Gasteiger partial charge in [0.2, 0.25) is 0 Å². The summed E-state index contributed by atoms with van der Waals surface area (Å²) in [7, 11) is 2.01. The molecule has 0 bridgehead atoms. The molecule has 1 N–H and O–H groups in total. The van der Waals surface area contributed by atoms with Gasteiger partial charge in [-0.25, -0.2) is 0 Å². The van der Waals surface area contributed by atoms with Crippen LogP contribution < -0.4 is 5.32 Å². The number of nitrogens with one attached hydrogen (secondary N) is 1. The van der Waals surface area contributed by atoms with Crippen LogP contribution in [-0.4, -0.2) is 21.8 Å². The van der Waals surface area contributed by atoms with Crippen molar-refractivity contribution < 1.29 is 0 Å². The first-order chi connectivity index (χ1) is 9.35. The highest BCUT2D eigenvalue weighted by molar-refractivity contribution is 5.11. The van der Waals surface area contributed by atoms with Crippen LogP contribution in [0.5, 0.6) is 0 Å². The molecule has 0 aliphatic carbocycles. The van der Waals surface area contributed by atoms with Gasteiger partial charge in [-0.15, -0.1) is 0 Å². The van der Waals surface area contributed by atoms with Gasteiger partial charge in [-0.2, -0.15) is 5.10 Å². The van der Waals surface area contributed by atoms with E-state index in [1.54, 1.807) is 0 Å². The van der Waals surface area contributed by atoms with Crippen molar-refractivity contribution >= 4 is 0 Å². The van der Waals surface area contributed by atoms with Crippen molar-refractivity contribution in [3.63, 3.8) is 0 Å². The minimum absolute atomic E-state index is 0.342. The zero-order valence-corrected chi connectivity index (χ0v) is 11.7. The Kier molecular flexibility index (Phi) is 5.10. The molecule has 1 unspecified atom stereocenters. The molecule has 2 rings (SSSR count). The highest BCUT2D eigenvalue weighted by Crippen LogP contribution is 2.18. The fourth-order valence-corrected chi connectivity index (χ4v) is 2.33. The first-order valence-corrected chi connectivity index (χ1v) is 6.93. The number of aromatic nitrogens is 3. The average molecular weight is 258 g/mol. The molecule has 0 aromatic carbocycles. The molecule has 0 saturated heterocycles. The molecule has 4 nitrogen and oxygen atoms in total. The molecular weight excluding hydrogens is 236 g/mol. The van der Waals surface area contributed by atoms with Gasteiger partial charge in [0.1, 0.15) is 0 Å². The van der Waals surface area contributed by atoms with Crippen LogP contribution in [0.25, 0.3) is 0 Å². The number of rotatable bonds is 7. The van der Waals surface area contributed by atoms with Gasteiger partial charge in [-0.1, -0.05) is 13.0 Å². The van der Waals surface area contributed by atoms with E-state index in [1.165, 1.54) is 11.3 Å². The zero-order valence-electron chi connectivity index (χ0n) is 11.7. The van der Waals surface area contributed by atoms with Crippen molar-refractivity contribution in [1.82, 2.24) is 20.1 Å². The summed E-state index contributed by atoms with van der Waals surface area (Å²) in [4.78, 5) is 4.16. The van der Waals surface area contributed by atoms with Crippen LogP contribution >= 0.6 is 0 Å². The largest absolute Gasteiger partial charge is 0.312 e. The Bertz CT molecular complexity index is 478. The fourth-order valence-electron chi connectivity index (χ4n) is 2.33. The topological polar surface area (TPSA) is 42.7 Å². The Hall–Kier alpha value is -1.68. The molecule has 102 valence electrons. The maximum Gasteiger partial charge on any atom is 0.0553 e. The predicted molar refractivity (Wildman–Crippen MR) is 76.9 cm³/mol. The Morgan fingerprint density at radius 3 is 2.89 bits per heavy atom. The van der Waals surface area contributed by atoms with Gasteiger partial charge in [0, 0.05) is 31.2 Å². The van der Waals surface area contributed by atoms with Crippen LogP contribution in [0.2, 0.25) is 0 Å². The summed E-state index contributed by atoms with van der Waals surface area (Å²) < 4.78 is 2.10. The third kappa shape index (κ3) is 3.64. The molecule has 0 amide bonds. The van der Waals surface area contributed by atoms with E-state index in [-0.39, 0.29) is 0 Å². The monoisotopic (exact) mass is 258 g/mol. The van der Waals surface area contributed by atoms with Gasteiger partial charge in [-0.3, -0.25) is 9.67 Å². The SMILES string of the molecule is CCCn1nccc1C(CCc1cccnc1)NC. The second-order valence-corrected chi connectivity index (χ2v) is 4.72. The third-order valence-electron chi connectivity index (χ3n) is 3.33. The third-order valence-corrected chi connectivity index (χ3v) is 3.33. The van der Waals surface area contributed by atoms with Gasteiger partial charge in [0.15, 0.2) is 0 Å². The summed E-state index contributed by atoms with van der Waals surface area (Å²) in [6.07, 6.45) is 8.83. The van der Waals surface area contributed by atoms with Crippen LogP contribution in [0.4, 0.5) is 0 Å². The Balaban J connectivity index is 2.01. The second kappa shape index (κ2) is 7.04. The summed E-state index contributed by atoms with van der Waals surface area (Å²) in [5, 5.41) is 7.79. The average Bonchev–Trinajstić information content (AvgIpc) is 2.90. The number of aryl methyl sites for hydroxylation is 2. The van der Waals surface area contributed by atoms with E-state index >= 15 is 0 Å². The number of hydrogen-bond donors (Lipinski definition) is 1. The van der Waals surface area contributed by atoms with Crippen LogP contribution in [0, 0.1) is 0 Å². The maximum atomic E-state index is 4.39. The van der Waals surface area contributed by atoms with Crippen LogP contribution in [0.15, 0.2) is 36.8 Å². The van der Waals surface area contributed by atoms with E-state index in [0.717, 1.165) is 25.8 Å². The lowest BCUT2D eigenvalue weighted by molar-refractivity contribution is 0.476. The van der Waals surface area contributed by atoms with Crippen LogP contribution in [0.3, 0.4) is 0 Å². The van der Waals surface area contributed by atoms with Gasteiger partial charge < -0.3 is 5.32 Å². The van der Waals surface area contributed by atoms with Crippen LogP contribution in [0.1, 0.15) is 37.1 Å². The molecule has 4 heteroatoms. The van der Waals surface area contributed by atoms with E-state index in [1.807, 2.05) is 31.7 Å². The van der Waals surface area contributed by atoms with Gasteiger partial charge >= 0.3 is 0 Å².